The summed E-state index contributed by atoms with van der Waals surface area (Å²) in [5.41, 5.74) is 2.03. The monoisotopic (exact) mass is 329 g/mol. The number of benzene rings is 3. The van der Waals surface area contributed by atoms with Crippen LogP contribution in [-0.2, 0) is 11.3 Å². The first-order valence-electron chi connectivity index (χ1n) is 7.96. The van der Waals surface area contributed by atoms with E-state index in [1.54, 1.807) is 12.1 Å². The predicted octanol–water partition coefficient (Wildman–Crippen LogP) is 4.85. The number of carbonyl (C=O) groups excluding carboxylic acids is 1. The number of hydrogen-bond acceptors (Lipinski definition) is 4. The third kappa shape index (κ3) is 3.28. The zero-order valence-electron chi connectivity index (χ0n) is 13.4. The van der Waals surface area contributed by atoms with Crippen LogP contribution in [0.2, 0.25) is 0 Å². The van der Waals surface area contributed by atoms with E-state index in [2.05, 4.69) is 5.16 Å². The van der Waals surface area contributed by atoms with Crippen molar-refractivity contribution in [3.63, 3.8) is 0 Å². The van der Waals surface area contributed by atoms with Crippen molar-refractivity contribution >= 4 is 16.7 Å². The average molecular weight is 329 g/mol. The van der Waals surface area contributed by atoms with E-state index in [0.717, 1.165) is 16.3 Å². The van der Waals surface area contributed by atoms with Gasteiger partial charge in [0.05, 0.1) is 5.56 Å². The maximum Gasteiger partial charge on any atom is 0.338 e. The lowest BCUT2D eigenvalue weighted by Crippen LogP contribution is -2.05. The van der Waals surface area contributed by atoms with Gasteiger partial charge in [-0.3, -0.25) is 0 Å². The Morgan fingerprint density at radius 2 is 1.64 bits per heavy atom. The first-order valence-corrected chi connectivity index (χ1v) is 7.96. The molecule has 1 aromatic heterocycles. The average Bonchev–Trinajstić information content (AvgIpc) is 3.15. The van der Waals surface area contributed by atoms with E-state index in [1.807, 2.05) is 66.7 Å². The first kappa shape index (κ1) is 15.1. The fourth-order valence-corrected chi connectivity index (χ4v) is 2.66. The molecule has 0 aliphatic carbocycles. The predicted molar refractivity (Wildman–Crippen MR) is 95.0 cm³/mol. The molecule has 0 radical (unpaired) electrons. The van der Waals surface area contributed by atoms with Gasteiger partial charge in [-0.2, -0.15) is 0 Å². The smallest absolute Gasteiger partial charge is 0.338 e. The molecule has 0 saturated heterocycles. The van der Waals surface area contributed by atoms with Gasteiger partial charge in [0.25, 0.3) is 0 Å². The van der Waals surface area contributed by atoms with Crippen LogP contribution in [0.5, 0.6) is 0 Å². The first-order chi connectivity index (χ1) is 12.3. The highest BCUT2D eigenvalue weighted by molar-refractivity contribution is 5.95. The summed E-state index contributed by atoms with van der Waals surface area (Å²) in [4.78, 5) is 12.3. The van der Waals surface area contributed by atoms with Gasteiger partial charge < -0.3 is 9.26 Å². The summed E-state index contributed by atoms with van der Waals surface area (Å²) < 4.78 is 10.7. The normalized spacial score (nSPS) is 10.7. The van der Waals surface area contributed by atoms with Gasteiger partial charge in [-0.15, -0.1) is 0 Å². The second-order valence-electron chi connectivity index (χ2n) is 5.69. The van der Waals surface area contributed by atoms with Crippen molar-refractivity contribution < 1.29 is 14.1 Å². The molecule has 4 rings (SSSR count). The van der Waals surface area contributed by atoms with Crippen LogP contribution in [0.25, 0.3) is 22.1 Å². The van der Waals surface area contributed by atoms with Crippen molar-refractivity contribution in [1.82, 2.24) is 5.16 Å². The van der Waals surface area contributed by atoms with E-state index in [4.69, 9.17) is 9.26 Å². The number of esters is 1. The van der Waals surface area contributed by atoms with Crippen LogP contribution < -0.4 is 0 Å². The number of aromatic nitrogens is 1. The topological polar surface area (TPSA) is 52.3 Å². The summed E-state index contributed by atoms with van der Waals surface area (Å²) in [5.74, 6) is 0.271. The molecular formula is C21H15NO3. The van der Waals surface area contributed by atoms with Crippen LogP contribution in [0.1, 0.15) is 16.1 Å². The fourth-order valence-electron chi connectivity index (χ4n) is 2.66. The van der Waals surface area contributed by atoms with Crippen LogP contribution in [0.15, 0.2) is 83.4 Å². The zero-order valence-corrected chi connectivity index (χ0v) is 13.4. The van der Waals surface area contributed by atoms with Crippen molar-refractivity contribution in [2.45, 2.75) is 6.61 Å². The lowest BCUT2D eigenvalue weighted by atomic mass is 10.1. The van der Waals surface area contributed by atoms with E-state index in [1.165, 1.54) is 0 Å². The lowest BCUT2D eigenvalue weighted by molar-refractivity contribution is 0.0464. The molecule has 0 fully saturated rings. The Bertz CT molecular complexity index is 1020. The SMILES string of the molecule is O=C(OCc1cc(-c2ccccc2)on1)c1ccc2ccccc2c1. The Morgan fingerprint density at radius 3 is 2.48 bits per heavy atom. The summed E-state index contributed by atoms with van der Waals surface area (Å²) in [6.45, 7) is 0.0714. The molecule has 0 amide bonds. The minimum atomic E-state index is -0.380. The molecule has 4 heteroatoms. The highest BCUT2D eigenvalue weighted by Gasteiger charge is 2.11. The Labute approximate surface area is 144 Å². The largest absolute Gasteiger partial charge is 0.455 e. The molecule has 0 aliphatic heterocycles. The molecule has 3 aromatic carbocycles. The molecule has 4 aromatic rings. The van der Waals surface area contributed by atoms with Crippen molar-refractivity contribution in [1.29, 1.82) is 0 Å². The minimum Gasteiger partial charge on any atom is -0.455 e. The van der Waals surface area contributed by atoms with Crippen LogP contribution in [-0.4, -0.2) is 11.1 Å². The van der Waals surface area contributed by atoms with Crippen molar-refractivity contribution in [2.24, 2.45) is 0 Å². The number of fused-ring (bicyclic) bond motifs is 1. The standard InChI is InChI=1S/C21H15NO3/c23-21(18-11-10-15-6-4-5-9-17(15)12-18)24-14-19-13-20(25-22-19)16-7-2-1-3-8-16/h1-13H,14H2. The van der Waals surface area contributed by atoms with Gasteiger partial charge in [-0.1, -0.05) is 65.8 Å². The molecule has 0 atom stereocenters. The Hall–Kier alpha value is -3.40. The van der Waals surface area contributed by atoms with Gasteiger partial charge in [-0.25, -0.2) is 4.79 Å². The summed E-state index contributed by atoms with van der Waals surface area (Å²) >= 11 is 0. The zero-order chi connectivity index (χ0) is 17.1. The molecule has 25 heavy (non-hydrogen) atoms. The second kappa shape index (κ2) is 6.61. The quantitative estimate of drug-likeness (QED) is 0.502. The molecule has 0 spiro atoms. The van der Waals surface area contributed by atoms with E-state index >= 15 is 0 Å². The number of rotatable bonds is 4. The molecule has 1 heterocycles. The van der Waals surface area contributed by atoms with Gasteiger partial charge in [-0.05, 0) is 22.9 Å². The molecule has 0 saturated carbocycles. The van der Waals surface area contributed by atoms with Gasteiger partial charge in [0, 0.05) is 11.6 Å². The maximum atomic E-state index is 12.3. The molecule has 0 bridgehead atoms. The number of ether oxygens (including phenoxy) is 1. The van der Waals surface area contributed by atoms with Gasteiger partial charge >= 0.3 is 5.97 Å². The summed E-state index contributed by atoms with van der Waals surface area (Å²) in [5, 5.41) is 6.05. The van der Waals surface area contributed by atoms with Crippen molar-refractivity contribution in [3.05, 3.63) is 90.1 Å². The molecular weight excluding hydrogens is 314 g/mol. The maximum absolute atomic E-state index is 12.3. The Balaban J connectivity index is 1.45. The van der Waals surface area contributed by atoms with E-state index < -0.39 is 0 Å². The van der Waals surface area contributed by atoms with Gasteiger partial charge in [0.15, 0.2) is 5.76 Å². The van der Waals surface area contributed by atoms with Crippen molar-refractivity contribution in [2.75, 3.05) is 0 Å². The van der Waals surface area contributed by atoms with E-state index in [-0.39, 0.29) is 12.6 Å². The lowest BCUT2D eigenvalue weighted by Gasteiger charge is -2.04. The third-order valence-corrected chi connectivity index (χ3v) is 3.95. The summed E-state index contributed by atoms with van der Waals surface area (Å²) in [6, 6.07) is 24.8. The number of carbonyl (C=O) groups is 1. The third-order valence-electron chi connectivity index (χ3n) is 3.95. The Morgan fingerprint density at radius 1 is 0.880 bits per heavy atom. The van der Waals surface area contributed by atoms with Crippen LogP contribution in [0.3, 0.4) is 0 Å². The summed E-state index contributed by atoms with van der Waals surface area (Å²) in [6.07, 6.45) is 0. The molecule has 0 N–H and O–H groups in total. The van der Waals surface area contributed by atoms with Crippen molar-refractivity contribution in [3.8, 4) is 11.3 Å². The molecule has 0 unspecified atom stereocenters. The molecule has 4 nitrogen and oxygen atoms in total. The van der Waals surface area contributed by atoms with Gasteiger partial charge in [0.1, 0.15) is 12.3 Å². The molecule has 0 aliphatic rings. The second-order valence-corrected chi connectivity index (χ2v) is 5.69. The molecule has 122 valence electrons. The summed E-state index contributed by atoms with van der Waals surface area (Å²) in [7, 11) is 0. The van der Waals surface area contributed by atoms with E-state index in [9.17, 15) is 4.79 Å². The Kier molecular flexibility index (Phi) is 4.01. The number of hydrogen-bond donors (Lipinski definition) is 0. The van der Waals surface area contributed by atoms with Crippen LogP contribution in [0, 0.1) is 0 Å². The highest BCUT2D eigenvalue weighted by Crippen LogP contribution is 2.21. The minimum absolute atomic E-state index is 0.0714. The number of nitrogens with zero attached hydrogens (tertiary/aromatic N) is 1. The fraction of sp³-hybridized carbons (Fsp3) is 0.0476. The highest BCUT2D eigenvalue weighted by atomic mass is 16.5. The van der Waals surface area contributed by atoms with Crippen LogP contribution in [0.4, 0.5) is 0 Å². The van der Waals surface area contributed by atoms with Crippen LogP contribution >= 0.6 is 0 Å². The van der Waals surface area contributed by atoms with E-state index in [0.29, 0.717) is 17.0 Å². The van der Waals surface area contributed by atoms with Gasteiger partial charge in [0.2, 0.25) is 0 Å².